The average Bonchev–Trinajstić information content (AvgIpc) is 2.43. The minimum Gasteiger partial charge on any atom is -0.396 e. The molecule has 1 aliphatic rings. The first-order valence-electron chi connectivity index (χ1n) is 6.82. The van der Waals surface area contributed by atoms with Crippen LogP contribution in [0.4, 0.5) is 10.1 Å². The van der Waals surface area contributed by atoms with Crippen LogP contribution in [0.3, 0.4) is 0 Å². The number of hydrogen-bond donors (Lipinski definition) is 2. The van der Waals surface area contributed by atoms with E-state index in [0.717, 1.165) is 25.3 Å². The van der Waals surface area contributed by atoms with Gasteiger partial charge in [0.05, 0.1) is 5.69 Å². The third-order valence-corrected chi connectivity index (χ3v) is 5.12. The summed E-state index contributed by atoms with van der Waals surface area (Å²) in [4.78, 5) is -0.509. The van der Waals surface area contributed by atoms with E-state index >= 15 is 0 Å². The van der Waals surface area contributed by atoms with Crippen LogP contribution in [0.5, 0.6) is 0 Å². The highest BCUT2D eigenvalue weighted by molar-refractivity contribution is 7.89. The van der Waals surface area contributed by atoms with Crippen LogP contribution in [0.1, 0.15) is 32.1 Å². The van der Waals surface area contributed by atoms with Crippen molar-refractivity contribution in [2.45, 2.75) is 37.0 Å². The maximum Gasteiger partial charge on any atom is 0.243 e. The lowest BCUT2D eigenvalue weighted by Crippen LogP contribution is -2.26. The van der Waals surface area contributed by atoms with E-state index in [0.29, 0.717) is 6.42 Å². The standard InChI is InChI=1S/C14H18ClFN2O2S/c15-11-8-12(17)14(16)13(9-11)21(19,20)18-7-6-10-4-2-1-3-5-10/h4,8-9,18H,1-3,5-7,17H2. The molecule has 7 heteroatoms. The Labute approximate surface area is 129 Å². The minimum absolute atomic E-state index is 0.0873. The quantitative estimate of drug-likeness (QED) is 0.642. The molecule has 3 N–H and O–H groups in total. The van der Waals surface area contributed by atoms with E-state index in [-0.39, 0.29) is 17.3 Å². The number of allylic oxidation sites excluding steroid dienone is 1. The summed E-state index contributed by atoms with van der Waals surface area (Å²) in [7, 11) is -3.95. The molecule has 116 valence electrons. The molecular weight excluding hydrogens is 315 g/mol. The summed E-state index contributed by atoms with van der Waals surface area (Å²) in [5.41, 5.74) is 6.37. The number of nitrogens with one attached hydrogen (secondary N) is 1. The molecule has 21 heavy (non-hydrogen) atoms. The Hall–Kier alpha value is -1.11. The number of nitrogens with two attached hydrogens (primary N) is 1. The molecule has 0 aromatic heterocycles. The van der Waals surface area contributed by atoms with Gasteiger partial charge in [0.15, 0.2) is 5.82 Å². The van der Waals surface area contributed by atoms with E-state index in [1.807, 2.05) is 0 Å². The van der Waals surface area contributed by atoms with Crippen LogP contribution >= 0.6 is 11.6 Å². The number of benzene rings is 1. The SMILES string of the molecule is Nc1cc(Cl)cc(S(=O)(=O)NCCC2=CCCCC2)c1F. The van der Waals surface area contributed by atoms with Crippen molar-refractivity contribution in [3.63, 3.8) is 0 Å². The van der Waals surface area contributed by atoms with Crippen LogP contribution in [0.25, 0.3) is 0 Å². The fourth-order valence-electron chi connectivity index (χ4n) is 2.34. The van der Waals surface area contributed by atoms with Gasteiger partial charge < -0.3 is 5.73 Å². The Balaban J connectivity index is 2.06. The molecule has 0 spiro atoms. The van der Waals surface area contributed by atoms with Crippen LogP contribution in [0, 0.1) is 5.82 Å². The molecule has 0 radical (unpaired) electrons. The number of hydrogen-bond acceptors (Lipinski definition) is 3. The number of anilines is 1. The topological polar surface area (TPSA) is 72.2 Å². The van der Waals surface area contributed by atoms with Gasteiger partial charge in [-0.25, -0.2) is 17.5 Å². The van der Waals surface area contributed by atoms with Gasteiger partial charge in [-0.05, 0) is 44.2 Å². The van der Waals surface area contributed by atoms with Gasteiger partial charge in [0.2, 0.25) is 10.0 Å². The highest BCUT2D eigenvalue weighted by atomic mass is 35.5. The minimum atomic E-state index is -3.95. The molecule has 0 fully saturated rings. The van der Waals surface area contributed by atoms with Crippen LogP contribution in [0.2, 0.25) is 5.02 Å². The van der Waals surface area contributed by atoms with Gasteiger partial charge in [0, 0.05) is 11.6 Å². The molecule has 0 amide bonds. The zero-order valence-electron chi connectivity index (χ0n) is 11.5. The van der Waals surface area contributed by atoms with Crippen molar-refractivity contribution in [1.82, 2.24) is 4.72 Å². The molecule has 0 bridgehead atoms. The van der Waals surface area contributed by atoms with Crippen molar-refractivity contribution in [2.24, 2.45) is 0 Å². The summed E-state index contributed by atoms with van der Waals surface area (Å²) in [6, 6.07) is 2.25. The molecule has 0 atom stereocenters. The Morgan fingerprint density at radius 3 is 2.76 bits per heavy atom. The second-order valence-corrected chi connectivity index (χ2v) is 7.23. The number of halogens is 2. The summed E-state index contributed by atoms with van der Waals surface area (Å²) in [5, 5.41) is 0.0873. The molecule has 0 saturated heterocycles. The number of nitrogen functional groups attached to an aromatic ring is 1. The van der Waals surface area contributed by atoms with E-state index in [2.05, 4.69) is 10.8 Å². The van der Waals surface area contributed by atoms with Crippen molar-refractivity contribution in [1.29, 1.82) is 0 Å². The van der Waals surface area contributed by atoms with Gasteiger partial charge >= 0.3 is 0 Å². The second-order valence-electron chi connectivity index (χ2n) is 5.06. The van der Waals surface area contributed by atoms with Gasteiger partial charge in [-0.2, -0.15) is 0 Å². The smallest absolute Gasteiger partial charge is 0.243 e. The van der Waals surface area contributed by atoms with E-state index in [1.54, 1.807) is 0 Å². The molecule has 2 rings (SSSR count). The molecule has 0 saturated carbocycles. The van der Waals surface area contributed by atoms with Gasteiger partial charge in [-0.1, -0.05) is 23.3 Å². The van der Waals surface area contributed by atoms with Crippen molar-refractivity contribution >= 4 is 27.3 Å². The number of rotatable bonds is 5. The third kappa shape index (κ3) is 4.18. The lowest BCUT2D eigenvalue weighted by molar-refractivity contribution is 0.558. The highest BCUT2D eigenvalue weighted by Gasteiger charge is 2.21. The zero-order chi connectivity index (χ0) is 15.5. The summed E-state index contributed by atoms with van der Waals surface area (Å²) in [5.74, 6) is -0.969. The average molecular weight is 333 g/mol. The van der Waals surface area contributed by atoms with Gasteiger partial charge in [-0.15, -0.1) is 0 Å². The third-order valence-electron chi connectivity index (χ3n) is 3.44. The normalized spacial score (nSPS) is 15.8. The Morgan fingerprint density at radius 1 is 1.33 bits per heavy atom. The Morgan fingerprint density at radius 2 is 2.10 bits per heavy atom. The first-order valence-corrected chi connectivity index (χ1v) is 8.68. The predicted molar refractivity (Wildman–Crippen MR) is 82.2 cm³/mol. The molecule has 1 aromatic rings. The highest BCUT2D eigenvalue weighted by Crippen LogP contribution is 2.25. The molecule has 4 nitrogen and oxygen atoms in total. The van der Waals surface area contributed by atoms with E-state index < -0.39 is 20.7 Å². The Kier molecular flexibility index (Phi) is 5.24. The monoisotopic (exact) mass is 332 g/mol. The van der Waals surface area contributed by atoms with Gasteiger partial charge in [0.25, 0.3) is 0 Å². The van der Waals surface area contributed by atoms with Crippen LogP contribution in [-0.4, -0.2) is 15.0 Å². The molecule has 1 aliphatic carbocycles. The first kappa shape index (κ1) is 16.3. The van der Waals surface area contributed by atoms with E-state index in [4.69, 9.17) is 17.3 Å². The zero-order valence-corrected chi connectivity index (χ0v) is 13.1. The van der Waals surface area contributed by atoms with E-state index in [1.165, 1.54) is 18.1 Å². The van der Waals surface area contributed by atoms with Crippen LogP contribution in [-0.2, 0) is 10.0 Å². The number of sulfonamides is 1. The first-order chi connectivity index (χ1) is 9.90. The molecule has 0 heterocycles. The summed E-state index contributed by atoms with van der Waals surface area (Å²) in [6.07, 6.45) is 7.15. The predicted octanol–water partition coefficient (Wildman–Crippen LogP) is 3.23. The fourth-order valence-corrected chi connectivity index (χ4v) is 3.79. The molecular formula is C14H18ClFN2O2S. The largest absolute Gasteiger partial charge is 0.396 e. The fraction of sp³-hybridized carbons (Fsp3) is 0.429. The summed E-state index contributed by atoms with van der Waals surface area (Å²) in [6.45, 7) is 0.236. The van der Waals surface area contributed by atoms with Gasteiger partial charge in [-0.3, -0.25) is 0 Å². The van der Waals surface area contributed by atoms with Crippen LogP contribution in [0.15, 0.2) is 28.7 Å². The van der Waals surface area contributed by atoms with Crippen molar-refractivity contribution in [3.8, 4) is 0 Å². The maximum atomic E-state index is 13.8. The van der Waals surface area contributed by atoms with Crippen molar-refractivity contribution in [2.75, 3.05) is 12.3 Å². The van der Waals surface area contributed by atoms with E-state index in [9.17, 15) is 12.8 Å². The second kappa shape index (κ2) is 6.77. The lowest BCUT2D eigenvalue weighted by atomic mass is 9.97. The van der Waals surface area contributed by atoms with Crippen LogP contribution < -0.4 is 10.5 Å². The summed E-state index contributed by atoms with van der Waals surface area (Å²) < 4.78 is 40.5. The van der Waals surface area contributed by atoms with Crippen molar-refractivity contribution in [3.05, 3.63) is 34.6 Å². The Bertz CT molecular complexity index is 659. The molecule has 1 aromatic carbocycles. The van der Waals surface area contributed by atoms with Crippen molar-refractivity contribution < 1.29 is 12.8 Å². The summed E-state index contributed by atoms with van der Waals surface area (Å²) >= 11 is 5.74. The molecule has 0 unspecified atom stereocenters. The van der Waals surface area contributed by atoms with Gasteiger partial charge in [0.1, 0.15) is 4.90 Å². The molecule has 0 aliphatic heterocycles. The maximum absolute atomic E-state index is 13.8. The lowest BCUT2D eigenvalue weighted by Gasteiger charge is -2.13.